The molecular weight excluding hydrogens is 180 g/mol. The predicted molar refractivity (Wildman–Crippen MR) is 66.5 cm³/mol. The van der Waals surface area contributed by atoms with Gasteiger partial charge in [-0.15, -0.1) is 0 Å². The molecule has 15 heavy (non-hydrogen) atoms. The Balaban J connectivity index is 2.95. The van der Waals surface area contributed by atoms with Crippen LogP contribution in [0.3, 0.4) is 0 Å². The normalized spacial score (nSPS) is 11.1. The zero-order chi connectivity index (χ0) is 11.1. The molecule has 0 nitrogen and oxygen atoms in total. The van der Waals surface area contributed by atoms with E-state index < -0.39 is 0 Å². The fourth-order valence-electron chi connectivity index (χ4n) is 1.18. The van der Waals surface area contributed by atoms with E-state index >= 15 is 0 Å². The van der Waals surface area contributed by atoms with Crippen molar-refractivity contribution in [2.24, 2.45) is 0 Å². The average Bonchev–Trinajstić information content (AvgIpc) is 2.31. The van der Waals surface area contributed by atoms with Crippen molar-refractivity contribution >= 4 is 0 Å². The highest BCUT2D eigenvalue weighted by Gasteiger charge is 1.91. The summed E-state index contributed by atoms with van der Waals surface area (Å²) >= 11 is 0. The van der Waals surface area contributed by atoms with Gasteiger partial charge >= 0.3 is 0 Å². The Morgan fingerprint density at radius 1 is 1.33 bits per heavy atom. The molecule has 0 N–H and O–H groups in total. The highest BCUT2D eigenvalue weighted by molar-refractivity contribution is 5.46. The van der Waals surface area contributed by atoms with Gasteiger partial charge in [0.2, 0.25) is 0 Å². The van der Waals surface area contributed by atoms with Crippen molar-refractivity contribution in [1.29, 1.82) is 0 Å². The van der Waals surface area contributed by atoms with Crippen LogP contribution in [0.2, 0.25) is 0 Å². The fraction of sp³-hybridized carbons (Fsp3) is 0.200. The van der Waals surface area contributed by atoms with Crippen LogP contribution in [0.15, 0.2) is 54.1 Å². The molecule has 0 spiro atoms. The number of hydrogen-bond acceptors (Lipinski definition) is 0. The molecule has 0 saturated heterocycles. The molecule has 0 aliphatic heterocycles. The van der Waals surface area contributed by atoms with Crippen LogP contribution in [0.5, 0.6) is 0 Å². The smallest absolute Gasteiger partial charge is 0.0249 e. The monoisotopic (exact) mass is 196 g/mol. The van der Waals surface area contributed by atoms with Crippen LogP contribution in [0.4, 0.5) is 0 Å². The van der Waals surface area contributed by atoms with Gasteiger partial charge in [-0.25, -0.2) is 0 Å². The van der Waals surface area contributed by atoms with Crippen molar-refractivity contribution in [3.8, 4) is 11.8 Å². The zero-order valence-electron chi connectivity index (χ0n) is 9.38. The van der Waals surface area contributed by atoms with Crippen LogP contribution in [-0.4, -0.2) is 0 Å². The largest absolute Gasteiger partial charge is 0.0978 e. The lowest BCUT2D eigenvalue weighted by molar-refractivity contribution is 1.09. The minimum atomic E-state index is 1.02. The molecule has 1 aromatic rings. The molecule has 1 aromatic carbocycles. The third-order valence-corrected chi connectivity index (χ3v) is 2.31. The quantitative estimate of drug-likeness (QED) is 0.496. The molecule has 0 amide bonds. The molecule has 0 bridgehead atoms. The number of benzene rings is 1. The van der Waals surface area contributed by atoms with Crippen molar-refractivity contribution in [3.63, 3.8) is 0 Å². The van der Waals surface area contributed by atoms with Gasteiger partial charge < -0.3 is 0 Å². The van der Waals surface area contributed by atoms with E-state index in [0.717, 1.165) is 17.6 Å². The van der Waals surface area contributed by atoms with E-state index in [1.807, 2.05) is 36.4 Å². The second-order valence-electron chi connectivity index (χ2n) is 3.37. The summed E-state index contributed by atoms with van der Waals surface area (Å²) in [6.45, 7) is 8.00. The number of hydrogen-bond donors (Lipinski definition) is 0. The molecule has 76 valence electrons. The summed E-state index contributed by atoms with van der Waals surface area (Å²) in [5, 5.41) is 0. The summed E-state index contributed by atoms with van der Waals surface area (Å²) in [6, 6.07) is 10.00. The first-order valence-electron chi connectivity index (χ1n) is 5.17. The lowest BCUT2D eigenvalue weighted by atomic mass is 10.1. The molecule has 0 atom stereocenters. The van der Waals surface area contributed by atoms with E-state index in [1.165, 1.54) is 5.57 Å². The lowest BCUT2D eigenvalue weighted by Gasteiger charge is -1.97. The highest BCUT2D eigenvalue weighted by Crippen LogP contribution is 2.08. The Morgan fingerprint density at radius 2 is 2.00 bits per heavy atom. The molecular formula is C15H16. The van der Waals surface area contributed by atoms with Gasteiger partial charge in [-0.2, -0.15) is 0 Å². The average molecular weight is 196 g/mol. The van der Waals surface area contributed by atoms with Crippen LogP contribution < -0.4 is 0 Å². The van der Waals surface area contributed by atoms with Gasteiger partial charge in [-0.05, 0) is 25.5 Å². The Kier molecular flexibility index (Phi) is 4.44. The van der Waals surface area contributed by atoms with Crippen LogP contribution in [0, 0.1) is 11.8 Å². The number of rotatable bonds is 2. The van der Waals surface area contributed by atoms with E-state index in [0.29, 0.717) is 0 Å². The summed E-state index contributed by atoms with van der Waals surface area (Å²) in [5.41, 5.74) is 3.37. The standard InChI is InChI=1S/C15H16/c1-4-13(3)15(5-2)12-11-14-9-7-6-8-10-14/h5-10H,2,4H2,1,3H3/b15-13-. The molecule has 0 aromatic heterocycles. The molecule has 0 heteroatoms. The zero-order valence-corrected chi connectivity index (χ0v) is 9.38. The first-order chi connectivity index (χ1) is 7.27. The Morgan fingerprint density at radius 3 is 2.53 bits per heavy atom. The van der Waals surface area contributed by atoms with E-state index in [2.05, 4.69) is 32.3 Å². The van der Waals surface area contributed by atoms with E-state index in [-0.39, 0.29) is 0 Å². The summed E-state index contributed by atoms with van der Waals surface area (Å²) in [7, 11) is 0. The first kappa shape index (κ1) is 11.3. The van der Waals surface area contributed by atoms with Crippen LogP contribution in [-0.2, 0) is 0 Å². The second kappa shape index (κ2) is 5.88. The summed E-state index contributed by atoms with van der Waals surface area (Å²) in [4.78, 5) is 0. The van der Waals surface area contributed by atoms with Gasteiger partial charge in [0, 0.05) is 11.1 Å². The molecule has 0 saturated carbocycles. The fourth-order valence-corrected chi connectivity index (χ4v) is 1.18. The summed E-state index contributed by atoms with van der Waals surface area (Å²) in [5.74, 6) is 6.28. The summed E-state index contributed by atoms with van der Waals surface area (Å²) < 4.78 is 0. The molecule has 0 unspecified atom stereocenters. The van der Waals surface area contributed by atoms with Gasteiger partial charge in [-0.3, -0.25) is 0 Å². The maximum Gasteiger partial charge on any atom is 0.0249 e. The Bertz CT molecular complexity index is 410. The molecule has 0 heterocycles. The van der Waals surface area contributed by atoms with Crippen LogP contribution in [0.25, 0.3) is 0 Å². The lowest BCUT2D eigenvalue weighted by Crippen LogP contribution is -1.81. The van der Waals surface area contributed by atoms with Gasteiger partial charge in [0.05, 0.1) is 0 Å². The minimum absolute atomic E-state index is 1.02. The number of allylic oxidation sites excluding steroid dienone is 3. The first-order valence-corrected chi connectivity index (χ1v) is 5.17. The molecule has 1 rings (SSSR count). The van der Waals surface area contributed by atoms with E-state index in [9.17, 15) is 0 Å². The second-order valence-corrected chi connectivity index (χ2v) is 3.37. The SMILES string of the molecule is C=C/C(C#Cc1ccccc1)=C(\C)CC. The van der Waals surface area contributed by atoms with Crippen LogP contribution in [0.1, 0.15) is 25.8 Å². The minimum Gasteiger partial charge on any atom is -0.0978 e. The molecule has 0 radical (unpaired) electrons. The third kappa shape index (κ3) is 3.48. The van der Waals surface area contributed by atoms with Gasteiger partial charge in [0.1, 0.15) is 0 Å². The van der Waals surface area contributed by atoms with Crippen molar-refractivity contribution in [3.05, 3.63) is 59.7 Å². The Labute approximate surface area is 92.3 Å². The van der Waals surface area contributed by atoms with Crippen LogP contribution >= 0.6 is 0 Å². The van der Waals surface area contributed by atoms with Gasteiger partial charge in [-0.1, -0.05) is 55.2 Å². The maximum absolute atomic E-state index is 3.78. The summed E-state index contributed by atoms with van der Waals surface area (Å²) in [6.07, 6.45) is 2.85. The molecule has 0 aliphatic carbocycles. The Hall–Kier alpha value is -1.74. The van der Waals surface area contributed by atoms with Crippen molar-refractivity contribution in [1.82, 2.24) is 0 Å². The van der Waals surface area contributed by atoms with Crippen molar-refractivity contribution in [2.45, 2.75) is 20.3 Å². The van der Waals surface area contributed by atoms with E-state index in [1.54, 1.807) is 0 Å². The topological polar surface area (TPSA) is 0 Å². The van der Waals surface area contributed by atoms with Crippen molar-refractivity contribution in [2.75, 3.05) is 0 Å². The predicted octanol–water partition coefficient (Wildman–Crippen LogP) is 3.95. The van der Waals surface area contributed by atoms with Gasteiger partial charge in [0.15, 0.2) is 0 Å². The molecule has 0 fully saturated rings. The van der Waals surface area contributed by atoms with Gasteiger partial charge in [0.25, 0.3) is 0 Å². The van der Waals surface area contributed by atoms with Crippen molar-refractivity contribution < 1.29 is 0 Å². The molecule has 0 aliphatic rings. The highest BCUT2D eigenvalue weighted by atomic mass is 14.0. The third-order valence-electron chi connectivity index (χ3n) is 2.31. The van der Waals surface area contributed by atoms with E-state index in [4.69, 9.17) is 0 Å². The maximum atomic E-state index is 3.78.